The van der Waals surface area contributed by atoms with Gasteiger partial charge in [-0.3, -0.25) is 4.79 Å². The van der Waals surface area contributed by atoms with E-state index in [-0.39, 0.29) is 12.5 Å². The average molecular weight is 196 g/mol. The Bertz CT molecular complexity index is 329. The average Bonchev–Trinajstić information content (AvgIpc) is 2.17. The maximum atomic E-state index is 10.9. The van der Waals surface area contributed by atoms with Crippen molar-refractivity contribution in [1.29, 1.82) is 0 Å². The van der Waals surface area contributed by atoms with Gasteiger partial charge in [0.2, 0.25) is 5.95 Å². The number of anilines is 2. The number of ether oxygens (including phenoxy) is 1. The van der Waals surface area contributed by atoms with Crippen LogP contribution in [-0.4, -0.2) is 36.6 Å². The van der Waals surface area contributed by atoms with Crippen molar-refractivity contribution in [3.8, 4) is 0 Å². The molecule has 14 heavy (non-hydrogen) atoms. The van der Waals surface area contributed by atoms with Crippen LogP contribution < -0.4 is 10.6 Å². The van der Waals surface area contributed by atoms with E-state index in [4.69, 9.17) is 5.73 Å². The van der Waals surface area contributed by atoms with E-state index in [2.05, 4.69) is 14.7 Å². The van der Waals surface area contributed by atoms with Crippen LogP contribution in [0.2, 0.25) is 0 Å². The predicted octanol–water partition coefficient (Wildman–Crippen LogP) is -0.332. The van der Waals surface area contributed by atoms with Gasteiger partial charge in [-0.25, -0.2) is 4.98 Å². The van der Waals surface area contributed by atoms with Gasteiger partial charge in [-0.15, -0.1) is 0 Å². The van der Waals surface area contributed by atoms with Crippen LogP contribution >= 0.6 is 0 Å². The second-order valence-corrected chi connectivity index (χ2v) is 2.71. The highest BCUT2D eigenvalue weighted by Crippen LogP contribution is 2.05. The van der Waals surface area contributed by atoms with E-state index in [1.807, 2.05) is 0 Å². The van der Waals surface area contributed by atoms with Gasteiger partial charge in [-0.1, -0.05) is 0 Å². The van der Waals surface area contributed by atoms with Gasteiger partial charge in [-0.05, 0) is 6.07 Å². The highest BCUT2D eigenvalue weighted by molar-refractivity contribution is 5.74. The lowest BCUT2D eigenvalue weighted by atomic mass is 10.5. The number of rotatable bonds is 3. The van der Waals surface area contributed by atoms with Gasteiger partial charge in [0.15, 0.2) is 0 Å². The van der Waals surface area contributed by atoms with Crippen LogP contribution in [0.15, 0.2) is 12.3 Å². The van der Waals surface area contributed by atoms with Crippen LogP contribution in [0.1, 0.15) is 0 Å². The molecule has 0 atom stereocenters. The Labute approximate surface area is 81.7 Å². The zero-order valence-corrected chi connectivity index (χ0v) is 8.10. The topological polar surface area (TPSA) is 81.3 Å². The second kappa shape index (κ2) is 4.40. The van der Waals surface area contributed by atoms with E-state index in [0.29, 0.717) is 11.8 Å². The van der Waals surface area contributed by atoms with Gasteiger partial charge in [0.05, 0.1) is 7.11 Å². The Kier molecular flexibility index (Phi) is 3.22. The SMILES string of the molecule is COC(=O)CN(C)c1nccc(N)n1. The third-order valence-electron chi connectivity index (χ3n) is 1.60. The number of methoxy groups -OCH3 is 1. The second-order valence-electron chi connectivity index (χ2n) is 2.71. The quantitative estimate of drug-likeness (QED) is 0.666. The molecule has 0 unspecified atom stereocenters. The normalized spacial score (nSPS) is 9.57. The molecule has 1 heterocycles. The first-order chi connectivity index (χ1) is 6.63. The standard InChI is InChI=1S/C8H12N4O2/c1-12(5-7(13)14-2)8-10-4-3-6(9)11-8/h3-4H,5H2,1-2H3,(H2,9,10,11). The lowest BCUT2D eigenvalue weighted by Gasteiger charge is -2.14. The number of nitrogens with two attached hydrogens (primary N) is 1. The zero-order chi connectivity index (χ0) is 10.6. The number of nitrogens with zero attached hydrogens (tertiary/aromatic N) is 3. The van der Waals surface area contributed by atoms with Gasteiger partial charge < -0.3 is 15.4 Å². The molecule has 0 saturated heterocycles. The Hall–Kier alpha value is -1.85. The minimum absolute atomic E-state index is 0.0972. The Morgan fingerprint density at radius 3 is 3.00 bits per heavy atom. The van der Waals surface area contributed by atoms with E-state index in [9.17, 15) is 4.79 Å². The molecule has 0 radical (unpaired) electrons. The number of esters is 1. The van der Waals surface area contributed by atoms with Gasteiger partial charge in [0, 0.05) is 13.2 Å². The molecule has 1 aromatic rings. The van der Waals surface area contributed by atoms with E-state index in [1.54, 1.807) is 18.0 Å². The summed E-state index contributed by atoms with van der Waals surface area (Å²) < 4.78 is 4.51. The molecule has 6 nitrogen and oxygen atoms in total. The lowest BCUT2D eigenvalue weighted by Crippen LogP contribution is -2.28. The Balaban J connectivity index is 2.69. The first kappa shape index (κ1) is 10.2. The first-order valence-electron chi connectivity index (χ1n) is 4.00. The van der Waals surface area contributed by atoms with E-state index >= 15 is 0 Å². The fourth-order valence-corrected chi connectivity index (χ4v) is 0.875. The van der Waals surface area contributed by atoms with Gasteiger partial charge in [-0.2, -0.15) is 4.98 Å². The smallest absolute Gasteiger partial charge is 0.325 e. The summed E-state index contributed by atoms with van der Waals surface area (Å²) in [5.74, 6) is 0.417. The summed E-state index contributed by atoms with van der Waals surface area (Å²) in [6, 6.07) is 1.58. The molecular weight excluding hydrogens is 184 g/mol. The molecule has 0 aliphatic rings. The molecule has 6 heteroatoms. The van der Waals surface area contributed by atoms with Gasteiger partial charge in [0.25, 0.3) is 0 Å². The molecule has 0 amide bonds. The van der Waals surface area contributed by atoms with Crippen molar-refractivity contribution in [3.05, 3.63) is 12.3 Å². The summed E-state index contributed by atoms with van der Waals surface area (Å²) in [4.78, 5) is 20.4. The number of nitrogen functional groups attached to an aromatic ring is 1. The van der Waals surface area contributed by atoms with Crippen molar-refractivity contribution in [2.24, 2.45) is 0 Å². The molecule has 0 fully saturated rings. The molecule has 1 aromatic heterocycles. The molecule has 1 rings (SSSR count). The summed E-state index contributed by atoms with van der Waals surface area (Å²) in [6.07, 6.45) is 1.53. The van der Waals surface area contributed by atoms with Crippen molar-refractivity contribution in [1.82, 2.24) is 9.97 Å². The molecule has 0 aliphatic heterocycles. The molecule has 0 bridgehead atoms. The predicted molar refractivity (Wildman–Crippen MR) is 51.7 cm³/mol. The van der Waals surface area contributed by atoms with Crippen LogP contribution in [0.4, 0.5) is 11.8 Å². The van der Waals surface area contributed by atoms with Crippen LogP contribution in [0, 0.1) is 0 Å². The number of carbonyl (C=O) groups is 1. The number of aromatic nitrogens is 2. The molecule has 76 valence electrons. The number of carbonyl (C=O) groups excluding carboxylic acids is 1. The third-order valence-corrected chi connectivity index (χ3v) is 1.60. The monoisotopic (exact) mass is 196 g/mol. The van der Waals surface area contributed by atoms with Gasteiger partial charge in [0.1, 0.15) is 12.4 Å². The fraction of sp³-hybridized carbons (Fsp3) is 0.375. The van der Waals surface area contributed by atoms with Crippen molar-refractivity contribution in [2.75, 3.05) is 31.3 Å². The van der Waals surface area contributed by atoms with Crippen molar-refractivity contribution >= 4 is 17.7 Å². The highest BCUT2D eigenvalue weighted by atomic mass is 16.5. The molecule has 2 N–H and O–H groups in total. The van der Waals surface area contributed by atoms with E-state index in [0.717, 1.165) is 0 Å². The zero-order valence-electron chi connectivity index (χ0n) is 8.10. The third kappa shape index (κ3) is 2.58. The molecule has 0 aromatic carbocycles. The molecule has 0 aliphatic carbocycles. The Morgan fingerprint density at radius 2 is 2.43 bits per heavy atom. The summed E-state index contributed by atoms with van der Waals surface area (Å²) in [5.41, 5.74) is 5.47. The van der Waals surface area contributed by atoms with Gasteiger partial charge >= 0.3 is 5.97 Å². The van der Waals surface area contributed by atoms with Crippen molar-refractivity contribution < 1.29 is 9.53 Å². The first-order valence-corrected chi connectivity index (χ1v) is 4.00. The Morgan fingerprint density at radius 1 is 1.71 bits per heavy atom. The minimum atomic E-state index is -0.349. The van der Waals surface area contributed by atoms with Crippen LogP contribution in [0.5, 0.6) is 0 Å². The number of hydrogen-bond donors (Lipinski definition) is 1. The molecule has 0 saturated carbocycles. The fourth-order valence-electron chi connectivity index (χ4n) is 0.875. The maximum absolute atomic E-state index is 10.9. The summed E-state index contributed by atoms with van der Waals surface area (Å²) in [5, 5.41) is 0. The van der Waals surface area contributed by atoms with Crippen LogP contribution in [0.3, 0.4) is 0 Å². The largest absolute Gasteiger partial charge is 0.468 e. The highest BCUT2D eigenvalue weighted by Gasteiger charge is 2.09. The van der Waals surface area contributed by atoms with Crippen molar-refractivity contribution in [2.45, 2.75) is 0 Å². The maximum Gasteiger partial charge on any atom is 0.325 e. The summed E-state index contributed by atoms with van der Waals surface area (Å²) >= 11 is 0. The van der Waals surface area contributed by atoms with E-state index in [1.165, 1.54) is 13.3 Å². The van der Waals surface area contributed by atoms with Crippen LogP contribution in [-0.2, 0) is 9.53 Å². The minimum Gasteiger partial charge on any atom is -0.468 e. The molecular formula is C8H12N4O2. The summed E-state index contributed by atoms with van der Waals surface area (Å²) in [6.45, 7) is 0.0972. The number of likely N-dealkylation sites (N-methyl/N-ethyl adjacent to an activating group) is 1. The number of hydrogen-bond acceptors (Lipinski definition) is 6. The molecule has 0 spiro atoms. The summed E-state index contributed by atoms with van der Waals surface area (Å²) in [7, 11) is 3.02. The van der Waals surface area contributed by atoms with E-state index < -0.39 is 0 Å². The van der Waals surface area contributed by atoms with Crippen molar-refractivity contribution in [3.63, 3.8) is 0 Å². The van der Waals surface area contributed by atoms with Crippen LogP contribution in [0.25, 0.3) is 0 Å². The lowest BCUT2D eigenvalue weighted by molar-refractivity contribution is -0.138.